The van der Waals surface area contributed by atoms with Crippen LogP contribution in [-0.4, -0.2) is 57.3 Å². The van der Waals surface area contributed by atoms with Gasteiger partial charge in [0.1, 0.15) is 0 Å². The molecule has 148 valence electrons. The maximum absolute atomic E-state index is 10.9. The summed E-state index contributed by atoms with van der Waals surface area (Å²) in [4.78, 5) is 21.5. The summed E-state index contributed by atoms with van der Waals surface area (Å²) in [6.07, 6.45) is 7.37. The van der Waals surface area contributed by atoms with Crippen LogP contribution in [0.5, 0.6) is 0 Å². The largest absolute Gasteiger partial charge is 0.479 e. The van der Waals surface area contributed by atoms with E-state index in [2.05, 4.69) is 6.92 Å². The summed E-state index contributed by atoms with van der Waals surface area (Å²) in [7, 11) is 0. The second-order valence-electron chi connectivity index (χ2n) is 6.50. The van der Waals surface area contributed by atoms with Crippen LogP contribution in [-0.2, 0) is 14.3 Å². The molecule has 0 rings (SSSR count). The Hall–Kier alpha value is -1.18. The van der Waals surface area contributed by atoms with Gasteiger partial charge in [-0.1, -0.05) is 71.1 Å². The number of aliphatic carboxylic acids is 2. The summed E-state index contributed by atoms with van der Waals surface area (Å²) in [6.45, 7) is 1.90. The SMILES string of the molecule is CCCCCCCCCCCCC(O)COC(C(=O)O)C(O)C(=O)O. The van der Waals surface area contributed by atoms with Crippen LogP contribution < -0.4 is 0 Å². The Morgan fingerprint density at radius 2 is 1.28 bits per heavy atom. The van der Waals surface area contributed by atoms with Crippen LogP contribution in [0.15, 0.2) is 0 Å². The van der Waals surface area contributed by atoms with Crippen molar-refractivity contribution in [3.8, 4) is 0 Å². The quantitative estimate of drug-likeness (QED) is 0.293. The van der Waals surface area contributed by atoms with Crippen molar-refractivity contribution in [2.75, 3.05) is 6.61 Å². The van der Waals surface area contributed by atoms with E-state index in [0.29, 0.717) is 6.42 Å². The molecule has 0 aromatic carbocycles. The van der Waals surface area contributed by atoms with Crippen LogP contribution in [0.1, 0.15) is 77.6 Å². The number of unbranched alkanes of at least 4 members (excludes halogenated alkanes) is 9. The lowest BCUT2D eigenvalue weighted by Gasteiger charge is -2.18. The maximum atomic E-state index is 10.9. The van der Waals surface area contributed by atoms with Crippen LogP contribution in [0.4, 0.5) is 0 Å². The maximum Gasteiger partial charge on any atom is 0.336 e. The van der Waals surface area contributed by atoms with Crippen molar-refractivity contribution in [2.45, 2.75) is 95.9 Å². The molecule has 0 saturated carbocycles. The predicted octanol–water partition coefficient (Wildman–Crippen LogP) is 2.57. The Morgan fingerprint density at radius 1 is 0.800 bits per heavy atom. The molecule has 3 atom stereocenters. The molecular formula is C18H34O7. The van der Waals surface area contributed by atoms with Crippen LogP contribution in [0.25, 0.3) is 0 Å². The highest BCUT2D eigenvalue weighted by Crippen LogP contribution is 2.12. The number of hydrogen-bond donors (Lipinski definition) is 4. The van der Waals surface area contributed by atoms with Gasteiger partial charge in [-0.3, -0.25) is 0 Å². The fourth-order valence-electron chi connectivity index (χ4n) is 2.59. The highest BCUT2D eigenvalue weighted by atomic mass is 16.5. The van der Waals surface area contributed by atoms with E-state index in [1.807, 2.05) is 0 Å². The van der Waals surface area contributed by atoms with Crippen LogP contribution in [0.2, 0.25) is 0 Å². The van der Waals surface area contributed by atoms with Gasteiger partial charge in [0.2, 0.25) is 0 Å². The van der Waals surface area contributed by atoms with E-state index >= 15 is 0 Å². The van der Waals surface area contributed by atoms with Crippen molar-refractivity contribution in [3.05, 3.63) is 0 Å². The van der Waals surface area contributed by atoms with E-state index in [-0.39, 0.29) is 6.61 Å². The molecule has 4 N–H and O–H groups in total. The van der Waals surface area contributed by atoms with Gasteiger partial charge in [0.15, 0.2) is 12.2 Å². The highest BCUT2D eigenvalue weighted by Gasteiger charge is 2.33. The molecule has 0 bridgehead atoms. The van der Waals surface area contributed by atoms with E-state index in [1.165, 1.54) is 44.9 Å². The summed E-state index contributed by atoms with van der Waals surface area (Å²) in [5, 5.41) is 36.5. The van der Waals surface area contributed by atoms with Crippen molar-refractivity contribution < 1.29 is 34.8 Å². The van der Waals surface area contributed by atoms with Crippen molar-refractivity contribution in [1.29, 1.82) is 0 Å². The minimum Gasteiger partial charge on any atom is -0.479 e. The topological polar surface area (TPSA) is 124 Å². The van der Waals surface area contributed by atoms with Crippen molar-refractivity contribution in [1.82, 2.24) is 0 Å². The van der Waals surface area contributed by atoms with E-state index in [1.54, 1.807) is 0 Å². The molecule has 0 fully saturated rings. The number of hydrogen-bond acceptors (Lipinski definition) is 5. The van der Waals surface area contributed by atoms with Gasteiger partial charge < -0.3 is 25.2 Å². The van der Waals surface area contributed by atoms with Gasteiger partial charge in [0.05, 0.1) is 12.7 Å². The normalized spacial score (nSPS) is 14.8. The molecule has 0 heterocycles. The zero-order valence-corrected chi connectivity index (χ0v) is 15.2. The Morgan fingerprint density at radius 3 is 1.72 bits per heavy atom. The number of aliphatic hydroxyl groups is 2. The lowest BCUT2D eigenvalue weighted by Crippen LogP contribution is -2.43. The highest BCUT2D eigenvalue weighted by molar-refractivity contribution is 5.83. The number of ether oxygens (including phenoxy) is 1. The van der Waals surface area contributed by atoms with Gasteiger partial charge in [-0.05, 0) is 6.42 Å². The standard InChI is InChI=1S/C18H34O7/c1-2-3-4-5-6-7-8-9-10-11-12-14(19)13-25-16(18(23)24)15(20)17(21)22/h14-16,19-20H,2-13H2,1H3,(H,21,22)(H,23,24). The summed E-state index contributed by atoms with van der Waals surface area (Å²) >= 11 is 0. The molecule has 3 unspecified atom stereocenters. The van der Waals surface area contributed by atoms with E-state index in [0.717, 1.165) is 19.3 Å². The summed E-state index contributed by atoms with van der Waals surface area (Å²) < 4.78 is 4.85. The summed E-state index contributed by atoms with van der Waals surface area (Å²) in [5.74, 6) is -3.24. The average molecular weight is 362 g/mol. The zero-order valence-electron chi connectivity index (χ0n) is 15.2. The molecule has 0 aliphatic heterocycles. The molecule has 7 nitrogen and oxygen atoms in total. The fraction of sp³-hybridized carbons (Fsp3) is 0.889. The van der Waals surface area contributed by atoms with Gasteiger partial charge in [-0.15, -0.1) is 0 Å². The van der Waals surface area contributed by atoms with Gasteiger partial charge in [-0.2, -0.15) is 0 Å². The fourth-order valence-corrected chi connectivity index (χ4v) is 2.59. The van der Waals surface area contributed by atoms with Crippen molar-refractivity contribution in [3.63, 3.8) is 0 Å². The number of carboxylic acids is 2. The molecule has 0 aromatic rings. The molecule has 25 heavy (non-hydrogen) atoms. The molecular weight excluding hydrogens is 328 g/mol. The number of aliphatic hydroxyl groups excluding tert-OH is 2. The molecule has 0 spiro atoms. The monoisotopic (exact) mass is 362 g/mol. The number of carboxylic acid groups (broad SMARTS) is 2. The van der Waals surface area contributed by atoms with Crippen molar-refractivity contribution >= 4 is 11.9 Å². The Bertz CT molecular complexity index is 359. The first kappa shape index (κ1) is 23.8. The summed E-state index contributed by atoms with van der Waals surface area (Å²) in [6, 6.07) is 0. The Labute approximate surface area is 150 Å². The van der Waals surface area contributed by atoms with E-state index in [9.17, 15) is 19.8 Å². The number of rotatable bonds is 17. The molecule has 7 heteroatoms. The van der Waals surface area contributed by atoms with Gasteiger partial charge in [-0.25, -0.2) is 9.59 Å². The van der Waals surface area contributed by atoms with Crippen molar-refractivity contribution in [2.24, 2.45) is 0 Å². The lowest BCUT2D eigenvalue weighted by atomic mass is 10.0. The van der Waals surface area contributed by atoms with E-state index in [4.69, 9.17) is 14.9 Å². The molecule has 0 saturated heterocycles. The van der Waals surface area contributed by atoms with Crippen LogP contribution in [0, 0.1) is 0 Å². The van der Waals surface area contributed by atoms with Gasteiger partial charge >= 0.3 is 11.9 Å². The van der Waals surface area contributed by atoms with Crippen LogP contribution >= 0.6 is 0 Å². The molecule has 0 amide bonds. The van der Waals surface area contributed by atoms with E-state index < -0.39 is 30.3 Å². The molecule has 0 aliphatic rings. The predicted molar refractivity (Wildman–Crippen MR) is 93.5 cm³/mol. The first-order chi connectivity index (χ1) is 11.9. The smallest absolute Gasteiger partial charge is 0.336 e. The zero-order chi connectivity index (χ0) is 19.1. The molecule has 0 aromatic heterocycles. The number of carbonyl (C=O) groups is 2. The molecule has 0 aliphatic carbocycles. The second-order valence-corrected chi connectivity index (χ2v) is 6.50. The average Bonchev–Trinajstić information content (AvgIpc) is 2.56. The third kappa shape index (κ3) is 12.8. The summed E-state index contributed by atoms with van der Waals surface area (Å²) in [5.41, 5.74) is 0. The second kappa shape index (κ2) is 15.1. The van der Waals surface area contributed by atoms with Crippen LogP contribution in [0.3, 0.4) is 0 Å². The minimum absolute atomic E-state index is 0.307. The Balaban J connectivity index is 3.67. The Kier molecular flexibility index (Phi) is 14.4. The first-order valence-corrected chi connectivity index (χ1v) is 9.33. The third-order valence-corrected chi connectivity index (χ3v) is 4.14. The van der Waals surface area contributed by atoms with Gasteiger partial charge in [0, 0.05) is 0 Å². The lowest BCUT2D eigenvalue weighted by molar-refractivity contribution is -0.173. The third-order valence-electron chi connectivity index (χ3n) is 4.14. The minimum atomic E-state index is -2.15. The van der Waals surface area contributed by atoms with Gasteiger partial charge in [0.25, 0.3) is 0 Å². The first-order valence-electron chi connectivity index (χ1n) is 9.33. The molecule has 0 radical (unpaired) electrons.